The molecule has 198 valence electrons. The van der Waals surface area contributed by atoms with Gasteiger partial charge in [-0.1, -0.05) is 6.07 Å². The van der Waals surface area contributed by atoms with Crippen molar-refractivity contribution in [2.75, 3.05) is 11.6 Å². The first-order valence-corrected chi connectivity index (χ1v) is 13.1. The molecule has 14 heteroatoms. The summed E-state index contributed by atoms with van der Waals surface area (Å²) in [5.41, 5.74) is -2.37. The van der Waals surface area contributed by atoms with Gasteiger partial charge in [-0.05, 0) is 62.9 Å². The van der Waals surface area contributed by atoms with E-state index in [-0.39, 0.29) is 16.5 Å². The number of aromatic nitrogens is 4. The van der Waals surface area contributed by atoms with Crippen LogP contribution in [0.15, 0.2) is 35.2 Å². The van der Waals surface area contributed by atoms with Gasteiger partial charge in [-0.25, -0.2) is 8.42 Å². The monoisotopic (exact) mass is 546 g/mol. The topological polar surface area (TPSA) is 148 Å². The summed E-state index contributed by atoms with van der Waals surface area (Å²) in [6, 6.07) is 9.09. The van der Waals surface area contributed by atoms with Gasteiger partial charge in [0.05, 0.1) is 16.7 Å². The predicted octanol–water partition coefficient (Wildman–Crippen LogP) is 4.30. The lowest BCUT2D eigenvalue weighted by Gasteiger charge is -2.34. The lowest BCUT2D eigenvalue weighted by molar-refractivity contribution is -0.142. The third-order valence-electron chi connectivity index (χ3n) is 6.24. The Morgan fingerprint density at radius 3 is 2.34 bits per heavy atom. The fraction of sp³-hybridized carbons (Fsp3) is 0.333. The van der Waals surface area contributed by atoms with Gasteiger partial charge in [0.15, 0.2) is 15.5 Å². The standard InChI is InChI=1S/C24H21F3N6O4S/c1-13-10-17(23(12-28)8-5-9-23)30-32-21(13)37-22-18(14(2)19(31-33-22)24(25,26)27)20(34)29-15-6-4-7-16(11-15)38(3,35)36/h4,6-7,10-11H,5,8-9H2,1-3H3,(H,29,34). The molecule has 38 heavy (non-hydrogen) atoms. The van der Waals surface area contributed by atoms with E-state index in [0.29, 0.717) is 24.1 Å². The molecule has 2 heterocycles. The highest BCUT2D eigenvalue weighted by Gasteiger charge is 2.41. The maximum atomic E-state index is 13.6. The molecule has 4 rings (SSSR count). The third-order valence-corrected chi connectivity index (χ3v) is 7.35. The molecule has 0 atom stereocenters. The number of halogens is 3. The van der Waals surface area contributed by atoms with Crippen LogP contribution < -0.4 is 10.1 Å². The molecular weight excluding hydrogens is 525 g/mol. The van der Waals surface area contributed by atoms with Crippen molar-refractivity contribution in [2.24, 2.45) is 0 Å². The number of alkyl halides is 3. The number of aryl methyl sites for hydroxylation is 1. The number of carbonyl (C=O) groups excluding carboxylic acids is 1. The van der Waals surface area contributed by atoms with Gasteiger partial charge in [0.25, 0.3) is 11.8 Å². The van der Waals surface area contributed by atoms with E-state index >= 15 is 0 Å². The van der Waals surface area contributed by atoms with Gasteiger partial charge in [0, 0.05) is 17.5 Å². The second-order valence-electron chi connectivity index (χ2n) is 8.97. The first-order chi connectivity index (χ1) is 17.7. The number of hydrogen-bond acceptors (Lipinski definition) is 9. The van der Waals surface area contributed by atoms with E-state index in [1.807, 2.05) is 0 Å². The Morgan fingerprint density at radius 1 is 1.11 bits per heavy atom. The summed E-state index contributed by atoms with van der Waals surface area (Å²) in [7, 11) is -3.61. The molecule has 0 spiro atoms. The van der Waals surface area contributed by atoms with Crippen molar-refractivity contribution in [3.63, 3.8) is 0 Å². The smallest absolute Gasteiger partial charge is 0.416 e. The highest BCUT2D eigenvalue weighted by molar-refractivity contribution is 7.90. The summed E-state index contributed by atoms with van der Waals surface area (Å²) in [5, 5.41) is 26.7. The Morgan fingerprint density at radius 2 is 1.79 bits per heavy atom. The van der Waals surface area contributed by atoms with E-state index in [0.717, 1.165) is 19.6 Å². The highest BCUT2D eigenvalue weighted by Crippen LogP contribution is 2.43. The fourth-order valence-electron chi connectivity index (χ4n) is 3.96. The number of nitrogens with zero attached hydrogens (tertiary/aromatic N) is 5. The van der Waals surface area contributed by atoms with Crippen molar-refractivity contribution >= 4 is 21.4 Å². The van der Waals surface area contributed by atoms with Crippen LogP contribution in [0.1, 0.15) is 52.1 Å². The largest absolute Gasteiger partial charge is 0.435 e. The SMILES string of the molecule is Cc1cc(C2(C#N)CCC2)nnc1Oc1nnc(C(F)(F)F)c(C)c1C(=O)Nc1cccc(S(C)(=O)=O)c1. The number of nitrogens with one attached hydrogen (secondary N) is 1. The van der Waals surface area contributed by atoms with E-state index in [1.54, 1.807) is 13.0 Å². The molecule has 1 fully saturated rings. The molecule has 0 unspecified atom stereocenters. The number of carbonyl (C=O) groups is 1. The zero-order chi connectivity index (χ0) is 27.9. The van der Waals surface area contributed by atoms with Crippen LogP contribution in [0.25, 0.3) is 0 Å². The average Bonchev–Trinajstić information content (AvgIpc) is 2.79. The first kappa shape index (κ1) is 26.9. The summed E-state index contributed by atoms with van der Waals surface area (Å²) < 4.78 is 70.0. The quantitative estimate of drug-likeness (QED) is 0.478. The number of sulfone groups is 1. The van der Waals surface area contributed by atoms with Crippen LogP contribution in [0.4, 0.5) is 18.9 Å². The molecule has 1 saturated carbocycles. The number of ether oxygens (including phenoxy) is 1. The number of benzene rings is 1. The summed E-state index contributed by atoms with van der Waals surface area (Å²) in [5.74, 6) is -1.73. The summed E-state index contributed by atoms with van der Waals surface area (Å²) in [6.07, 6.45) is -1.80. The fourth-order valence-corrected chi connectivity index (χ4v) is 4.63. The molecule has 1 aliphatic carbocycles. The Hall–Kier alpha value is -4.12. The van der Waals surface area contributed by atoms with Crippen molar-refractivity contribution in [2.45, 2.75) is 49.6 Å². The minimum absolute atomic E-state index is 0.0243. The second kappa shape index (κ2) is 9.64. The minimum Gasteiger partial charge on any atom is -0.416 e. The zero-order valence-electron chi connectivity index (χ0n) is 20.4. The van der Waals surface area contributed by atoms with E-state index < -0.39 is 50.0 Å². The van der Waals surface area contributed by atoms with Gasteiger partial charge in [-0.15, -0.1) is 15.3 Å². The molecule has 2 aromatic heterocycles. The van der Waals surface area contributed by atoms with E-state index in [2.05, 4.69) is 31.8 Å². The molecule has 1 aliphatic rings. The lowest BCUT2D eigenvalue weighted by Crippen LogP contribution is -2.33. The molecule has 3 aromatic rings. The Kier molecular flexibility index (Phi) is 6.83. The van der Waals surface area contributed by atoms with Crippen LogP contribution in [-0.4, -0.2) is 41.0 Å². The minimum atomic E-state index is -4.91. The Bertz CT molecular complexity index is 1580. The van der Waals surface area contributed by atoms with Gasteiger partial charge in [0.2, 0.25) is 5.88 Å². The van der Waals surface area contributed by atoms with Crippen molar-refractivity contribution in [3.05, 3.63) is 58.4 Å². The molecule has 0 saturated heterocycles. The van der Waals surface area contributed by atoms with Crippen LogP contribution in [-0.2, 0) is 21.4 Å². The number of nitriles is 1. The van der Waals surface area contributed by atoms with Crippen molar-refractivity contribution < 1.29 is 31.1 Å². The average molecular weight is 547 g/mol. The summed E-state index contributed by atoms with van der Waals surface area (Å²) >= 11 is 0. The van der Waals surface area contributed by atoms with Gasteiger partial charge in [-0.3, -0.25) is 4.79 Å². The summed E-state index contributed by atoms with van der Waals surface area (Å²) in [6.45, 7) is 2.65. The van der Waals surface area contributed by atoms with E-state index in [1.165, 1.54) is 24.3 Å². The van der Waals surface area contributed by atoms with Crippen molar-refractivity contribution in [3.8, 4) is 17.8 Å². The lowest BCUT2D eigenvalue weighted by atomic mass is 9.67. The number of hydrogen-bond donors (Lipinski definition) is 1. The predicted molar refractivity (Wildman–Crippen MR) is 127 cm³/mol. The first-order valence-electron chi connectivity index (χ1n) is 11.2. The number of rotatable bonds is 6. The van der Waals surface area contributed by atoms with Gasteiger partial charge in [0.1, 0.15) is 11.0 Å². The van der Waals surface area contributed by atoms with Crippen LogP contribution in [0.2, 0.25) is 0 Å². The molecule has 0 aliphatic heterocycles. The van der Waals surface area contributed by atoms with Gasteiger partial charge >= 0.3 is 6.18 Å². The Balaban J connectivity index is 1.73. The van der Waals surface area contributed by atoms with Crippen LogP contribution in [0.5, 0.6) is 11.8 Å². The zero-order valence-corrected chi connectivity index (χ0v) is 21.2. The van der Waals surface area contributed by atoms with Crippen LogP contribution >= 0.6 is 0 Å². The molecule has 1 aromatic carbocycles. The Labute approximate surface area is 215 Å². The van der Waals surface area contributed by atoms with E-state index in [9.17, 15) is 31.6 Å². The van der Waals surface area contributed by atoms with Gasteiger partial charge < -0.3 is 10.1 Å². The normalized spacial score (nSPS) is 14.8. The summed E-state index contributed by atoms with van der Waals surface area (Å²) in [4.78, 5) is 13.1. The number of anilines is 1. The highest BCUT2D eigenvalue weighted by atomic mass is 32.2. The molecule has 10 nitrogen and oxygen atoms in total. The van der Waals surface area contributed by atoms with Crippen molar-refractivity contribution in [1.29, 1.82) is 5.26 Å². The third kappa shape index (κ3) is 5.14. The molecule has 0 radical (unpaired) electrons. The molecule has 0 bridgehead atoms. The van der Waals surface area contributed by atoms with Crippen molar-refractivity contribution in [1.82, 2.24) is 20.4 Å². The van der Waals surface area contributed by atoms with E-state index in [4.69, 9.17) is 4.74 Å². The van der Waals surface area contributed by atoms with Crippen LogP contribution in [0.3, 0.4) is 0 Å². The molecule has 1 N–H and O–H groups in total. The van der Waals surface area contributed by atoms with Crippen LogP contribution in [0, 0.1) is 25.2 Å². The maximum absolute atomic E-state index is 13.6. The molecule has 1 amide bonds. The number of amides is 1. The molecular formula is C24H21F3N6O4S. The second-order valence-corrected chi connectivity index (χ2v) is 11.0. The maximum Gasteiger partial charge on any atom is 0.435 e. The van der Waals surface area contributed by atoms with Gasteiger partial charge in [-0.2, -0.15) is 23.5 Å².